The van der Waals surface area contributed by atoms with Crippen molar-refractivity contribution in [2.24, 2.45) is 5.92 Å². The molecular weight excluding hydrogens is 330 g/mol. The molecule has 5 heteroatoms. The Labute approximate surface area is 154 Å². The SMILES string of the molecule is CC[C@@H](C(=O)Nc1nc(CN2CCC[C@H](C)C2)cs1)c1ccccc1. The lowest BCUT2D eigenvalue weighted by Gasteiger charge is -2.30. The van der Waals surface area contributed by atoms with Crippen LogP contribution >= 0.6 is 11.3 Å². The molecule has 0 unspecified atom stereocenters. The number of anilines is 1. The van der Waals surface area contributed by atoms with Crippen molar-refractivity contribution < 1.29 is 4.79 Å². The number of amides is 1. The Kier molecular flexibility index (Phi) is 6.21. The van der Waals surface area contributed by atoms with Gasteiger partial charge in [-0.3, -0.25) is 9.69 Å². The molecule has 0 spiro atoms. The van der Waals surface area contributed by atoms with E-state index in [0.717, 1.165) is 43.2 Å². The number of carbonyl (C=O) groups excluding carboxylic acids is 1. The lowest BCUT2D eigenvalue weighted by molar-refractivity contribution is -0.117. The first-order chi connectivity index (χ1) is 12.2. The zero-order chi connectivity index (χ0) is 17.6. The van der Waals surface area contributed by atoms with E-state index in [4.69, 9.17) is 0 Å². The summed E-state index contributed by atoms with van der Waals surface area (Å²) in [5, 5.41) is 5.78. The molecule has 0 radical (unpaired) electrons. The summed E-state index contributed by atoms with van der Waals surface area (Å²) in [5.41, 5.74) is 2.11. The average molecular weight is 358 g/mol. The number of nitrogens with one attached hydrogen (secondary N) is 1. The lowest BCUT2D eigenvalue weighted by atomic mass is 9.96. The van der Waals surface area contributed by atoms with E-state index in [1.54, 1.807) is 0 Å². The Bertz CT molecular complexity index is 685. The van der Waals surface area contributed by atoms with Crippen LogP contribution in [0.5, 0.6) is 0 Å². The van der Waals surface area contributed by atoms with Crippen LogP contribution in [0.15, 0.2) is 35.7 Å². The maximum Gasteiger partial charge on any atom is 0.233 e. The summed E-state index contributed by atoms with van der Waals surface area (Å²) in [7, 11) is 0. The van der Waals surface area contributed by atoms with E-state index in [9.17, 15) is 4.79 Å². The highest BCUT2D eigenvalue weighted by Crippen LogP contribution is 2.24. The first-order valence-corrected chi connectivity index (χ1v) is 10.1. The molecule has 1 aliphatic heterocycles. The van der Waals surface area contributed by atoms with Gasteiger partial charge in [-0.15, -0.1) is 11.3 Å². The molecule has 0 aliphatic carbocycles. The van der Waals surface area contributed by atoms with Crippen LogP contribution in [-0.2, 0) is 11.3 Å². The smallest absolute Gasteiger partial charge is 0.233 e. The maximum atomic E-state index is 12.6. The Hall–Kier alpha value is -1.72. The molecule has 1 saturated heterocycles. The van der Waals surface area contributed by atoms with E-state index in [1.807, 2.05) is 37.3 Å². The molecule has 1 N–H and O–H groups in total. The fourth-order valence-corrected chi connectivity index (χ4v) is 4.25. The van der Waals surface area contributed by atoms with Crippen LogP contribution in [0.4, 0.5) is 5.13 Å². The third kappa shape index (κ3) is 4.89. The van der Waals surface area contributed by atoms with Crippen molar-refractivity contribution in [2.45, 2.75) is 45.6 Å². The van der Waals surface area contributed by atoms with Gasteiger partial charge in [-0.05, 0) is 37.3 Å². The maximum absolute atomic E-state index is 12.6. The quantitative estimate of drug-likeness (QED) is 0.827. The van der Waals surface area contributed by atoms with Crippen LogP contribution in [0.25, 0.3) is 0 Å². The molecule has 134 valence electrons. The van der Waals surface area contributed by atoms with Gasteiger partial charge >= 0.3 is 0 Å². The second-order valence-electron chi connectivity index (χ2n) is 6.99. The minimum absolute atomic E-state index is 0.0289. The van der Waals surface area contributed by atoms with Crippen molar-refractivity contribution in [1.29, 1.82) is 0 Å². The van der Waals surface area contributed by atoms with E-state index >= 15 is 0 Å². The third-order valence-electron chi connectivity index (χ3n) is 4.84. The zero-order valence-electron chi connectivity index (χ0n) is 15.1. The van der Waals surface area contributed by atoms with Crippen molar-refractivity contribution in [2.75, 3.05) is 18.4 Å². The Balaban J connectivity index is 1.59. The van der Waals surface area contributed by atoms with Gasteiger partial charge < -0.3 is 5.32 Å². The summed E-state index contributed by atoms with van der Waals surface area (Å²) >= 11 is 1.52. The van der Waals surface area contributed by atoms with Crippen molar-refractivity contribution in [1.82, 2.24) is 9.88 Å². The van der Waals surface area contributed by atoms with E-state index in [1.165, 1.54) is 24.2 Å². The standard InChI is InChI=1S/C20H27N3OS/c1-3-18(16-9-5-4-6-10-16)19(24)22-20-21-17(14-25-20)13-23-11-7-8-15(2)12-23/h4-6,9-10,14-15,18H,3,7-8,11-13H2,1-2H3,(H,21,22,24)/t15-,18+/m0/s1. The van der Waals surface area contributed by atoms with Crippen molar-refractivity contribution in [3.8, 4) is 0 Å². The van der Waals surface area contributed by atoms with E-state index in [0.29, 0.717) is 5.13 Å². The van der Waals surface area contributed by atoms with Crippen molar-refractivity contribution >= 4 is 22.4 Å². The number of benzene rings is 1. The number of hydrogen-bond acceptors (Lipinski definition) is 4. The highest BCUT2D eigenvalue weighted by Gasteiger charge is 2.20. The second kappa shape index (κ2) is 8.59. The number of likely N-dealkylation sites (tertiary alicyclic amines) is 1. The molecule has 1 amide bonds. The first kappa shape index (κ1) is 18.1. The number of rotatable bonds is 6. The fourth-order valence-electron chi connectivity index (χ4n) is 3.55. The molecular formula is C20H27N3OS. The van der Waals surface area contributed by atoms with Crippen LogP contribution < -0.4 is 5.32 Å². The number of thiazole rings is 1. The van der Waals surface area contributed by atoms with E-state index in [2.05, 4.69) is 27.5 Å². The van der Waals surface area contributed by atoms with Crippen LogP contribution in [0.2, 0.25) is 0 Å². The summed E-state index contributed by atoms with van der Waals surface area (Å²) in [6.07, 6.45) is 3.37. The molecule has 2 aromatic rings. The fraction of sp³-hybridized carbons (Fsp3) is 0.500. The average Bonchev–Trinajstić information content (AvgIpc) is 3.03. The number of piperidine rings is 1. The highest BCUT2D eigenvalue weighted by molar-refractivity contribution is 7.13. The van der Waals surface area contributed by atoms with Gasteiger partial charge in [0.1, 0.15) is 0 Å². The van der Waals surface area contributed by atoms with Gasteiger partial charge in [-0.25, -0.2) is 4.98 Å². The van der Waals surface area contributed by atoms with Gasteiger partial charge in [0.05, 0.1) is 11.6 Å². The van der Waals surface area contributed by atoms with Gasteiger partial charge in [0.25, 0.3) is 0 Å². The van der Waals surface area contributed by atoms with Crippen LogP contribution in [-0.4, -0.2) is 28.9 Å². The monoisotopic (exact) mass is 357 g/mol. The van der Waals surface area contributed by atoms with E-state index in [-0.39, 0.29) is 11.8 Å². The minimum atomic E-state index is -0.128. The molecule has 2 heterocycles. The predicted octanol–water partition coefficient (Wildman–Crippen LogP) is 4.51. The molecule has 4 nitrogen and oxygen atoms in total. The molecule has 0 bridgehead atoms. The summed E-state index contributed by atoms with van der Waals surface area (Å²) in [6.45, 7) is 7.53. The first-order valence-electron chi connectivity index (χ1n) is 9.18. The topological polar surface area (TPSA) is 45.2 Å². The summed E-state index contributed by atoms with van der Waals surface area (Å²) in [4.78, 5) is 19.7. The number of carbonyl (C=O) groups is 1. The van der Waals surface area contributed by atoms with Crippen LogP contribution in [0, 0.1) is 5.92 Å². The Morgan fingerprint density at radius 2 is 2.20 bits per heavy atom. The van der Waals surface area contributed by atoms with Crippen molar-refractivity contribution in [3.63, 3.8) is 0 Å². The van der Waals surface area contributed by atoms with Crippen LogP contribution in [0.3, 0.4) is 0 Å². The number of aromatic nitrogens is 1. The summed E-state index contributed by atoms with van der Waals surface area (Å²) in [5.74, 6) is 0.667. The van der Waals surface area contributed by atoms with Gasteiger partial charge in [0.15, 0.2) is 5.13 Å². The van der Waals surface area contributed by atoms with Crippen LogP contribution in [0.1, 0.15) is 50.3 Å². The molecule has 0 saturated carbocycles. The van der Waals surface area contributed by atoms with Gasteiger partial charge in [-0.1, -0.05) is 44.2 Å². The minimum Gasteiger partial charge on any atom is -0.301 e. The molecule has 1 aromatic carbocycles. The number of nitrogens with zero attached hydrogens (tertiary/aromatic N) is 2. The summed E-state index contributed by atoms with van der Waals surface area (Å²) < 4.78 is 0. The van der Waals surface area contributed by atoms with Gasteiger partial charge in [-0.2, -0.15) is 0 Å². The molecule has 1 fully saturated rings. The molecule has 1 aromatic heterocycles. The highest BCUT2D eigenvalue weighted by atomic mass is 32.1. The van der Waals surface area contributed by atoms with Gasteiger partial charge in [0, 0.05) is 18.5 Å². The Morgan fingerprint density at radius 1 is 1.40 bits per heavy atom. The largest absolute Gasteiger partial charge is 0.301 e. The molecule has 25 heavy (non-hydrogen) atoms. The van der Waals surface area contributed by atoms with E-state index < -0.39 is 0 Å². The lowest BCUT2D eigenvalue weighted by Crippen LogP contribution is -2.33. The predicted molar refractivity (Wildman–Crippen MR) is 104 cm³/mol. The zero-order valence-corrected chi connectivity index (χ0v) is 15.9. The molecule has 1 aliphatic rings. The Morgan fingerprint density at radius 3 is 2.92 bits per heavy atom. The third-order valence-corrected chi connectivity index (χ3v) is 5.64. The molecule has 3 rings (SSSR count). The number of hydrogen-bond donors (Lipinski definition) is 1. The normalized spacial score (nSPS) is 19.5. The van der Waals surface area contributed by atoms with Gasteiger partial charge in [0.2, 0.25) is 5.91 Å². The second-order valence-corrected chi connectivity index (χ2v) is 7.85. The molecule has 2 atom stereocenters. The summed E-state index contributed by atoms with van der Waals surface area (Å²) in [6, 6.07) is 9.96. The van der Waals surface area contributed by atoms with Crippen molar-refractivity contribution in [3.05, 3.63) is 47.0 Å².